The third-order valence-electron chi connectivity index (χ3n) is 3.63. The zero-order chi connectivity index (χ0) is 12.0. The first kappa shape index (κ1) is 11.2. The summed E-state index contributed by atoms with van der Waals surface area (Å²) in [5.41, 5.74) is 9.75. The summed E-state index contributed by atoms with van der Waals surface area (Å²) in [6.45, 7) is 3.97. The van der Waals surface area contributed by atoms with Crippen LogP contribution in [0.25, 0.3) is 0 Å². The Hall–Kier alpha value is -1.29. The predicted octanol–water partition coefficient (Wildman–Crippen LogP) is 1.24. The number of esters is 1. The highest BCUT2D eigenvalue weighted by Gasteiger charge is 2.40. The van der Waals surface area contributed by atoms with Crippen LogP contribution in [-0.2, 0) is 11.8 Å². The lowest BCUT2D eigenvalue weighted by Crippen LogP contribution is -2.08. The van der Waals surface area contributed by atoms with Gasteiger partial charge in [0.15, 0.2) is 0 Å². The third kappa shape index (κ3) is 1.45. The summed E-state index contributed by atoms with van der Waals surface area (Å²) < 4.78 is 6.88. The van der Waals surface area contributed by atoms with Gasteiger partial charge < -0.3 is 15.0 Å². The van der Waals surface area contributed by atoms with Gasteiger partial charge in [0.25, 0.3) is 0 Å². The van der Waals surface area contributed by atoms with E-state index in [4.69, 9.17) is 10.5 Å². The average molecular weight is 222 g/mol. The molecule has 1 fully saturated rings. The first-order chi connectivity index (χ1) is 7.49. The Morgan fingerprint density at radius 1 is 1.44 bits per heavy atom. The van der Waals surface area contributed by atoms with Crippen molar-refractivity contribution in [1.29, 1.82) is 0 Å². The summed E-state index contributed by atoms with van der Waals surface area (Å²) >= 11 is 0. The number of methoxy groups -OCH3 is 1. The fourth-order valence-electron chi connectivity index (χ4n) is 2.34. The van der Waals surface area contributed by atoms with E-state index in [9.17, 15) is 4.79 Å². The van der Waals surface area contributed by atoms with Crippen molar-refractivity contribution in [3.63, 3.8) is 0 Å². The van der Waals surface area contributed by atoms with Crippen LogP contribution in [0.15, 0.2) is 0 Å². The van der Waals surface area contributed by atoms with Crippen molar-refractivity contribution >= 4 is 5.97 Å². The molecular weight excluding hydrogens is 204 g/mol. The van der Waals surface area contributed by atoms with Crippen LogP contribution in [-0.4, -0.2) is 23.7 Å². The predicted molar refractivity (Wildman–Crippen MR) is 61.6 cm³/mol. The van der Waals surface area contributed by atoms with E-state index in [1.54, 1.807) is 0 Å². The molecule has 2 N–H and O–H groups in total. The van der Waals surface area contributed by atoms with E-state index in [-0.39, 0.29) is 12.0 Å². The van der Waals surface area contributed by atoms with E-state index in [1.807, 2.05) is 25.5 Å². The largest absolute Gasteiger partial charge is 0.465 e. The maximum atomic E-state index is 11.8. The molecule has 1 aliphatic rings. The minimum Gasteiger partial charge on any atom is -0.465 e. The topological polar surface area (TPSA) is 57.2 Å². The minimum atomic E-state index is -0.254. The summed E-state index contributed by atoms with van der Waals surface area (Å²) in [6.07, 6.45) is 0.967. The summed E-state index contributed by atoms with van der Waals surface area (Å²) in [6, 6.07) is 0.198. The Kier molecular flexibility index (Phi) is 2.54. The lowest BCUT2D eigenvalue weighted by molar-refractivity contribution is 0.0598. The number of hydrogen-bond donors (Lipinski definition) is 1. The van der Waals surface area contributed by atoms with Crippen LogP contribution in [0.3, 0.4) is 0 Å². The number of ether oxygens (including phenoxy) is 1. The van der Waals surface area contributed by atoms with Gasteiger partial charge in [-0.2, -0.15) is 0 Å². The van der Waals surface area contributed by atoms with Gasteiger partial charge in [-0.25, -0.2) is 4.79 Å². The number of rotatable bonds is 2. The van der Waals surface area contributed by atoms with Crippen molar-refractivity contribution in [3.8, 4) is 0 Å². The second-order valence-corrected chi connectivity index (χ2v) is 4.52. The van der Waals surface area contributed by atoms with Crippen molar-refractivity contribution in [2.75, 3.05) is 7.11 Å². The highest BCUT2D eigenvalue weighted by molar-refractivity contribution is 5.93. The Morgan fingerprint density at radius 2 is 2.00 bits per heavy atom. The molecule has 0 amide bonds. The van der Waals surface area contributed by atoms with Crippen LogP contribution in [0, 0.1) is 13.8 Å². The smallest absolute Gasteiger partial charge is 0.339 e. The molecule has 1 aromatic rings. The fraction of sp³-hybridized carbons (Fsp3) is 0.583. The Bertz CT molecular complexity index is 448. The van der Waals surface area contributed by atoms with Gasteiger partial charge in [0, 0.05) is 30.4 Å². The zero-order valence-electron chi connectivity index (χ0n) is 10.2. The van der Waals surface area contributed by atoms with Crippen molar-refractivity contribution in [2.45, 2.75) is 32.2 Å². The SMILES string of the molecule is COC(=O)c1c([C@@H]2C[C@H]2N)c(C)n(C)c1C. The summed E-state index contributed by atoms with van der Waals surface area (Å²) in [5.74, 6) is 0.0734. The van der Waals surface area contributed by atoms with Gasteiger partial charge in [0.05, 0.1) is 12.7 Å². The molecule has 4 heteroatoms. The molecule has 0 spiro atoms. The van der Waals surface area contributed by atoms with E-state index >= 15 is 0 Å². The molecule has 1 aromatic heterocycles. The molecule has 1 aliphatic carbocycles. The van der Waals surface area contributed by atoms with Gasteiger partial charge >= 0.3 is 5.97 Å². The van der Waals surface area contributed by atoms with Gasteiger partial charge in [-0.05, 0) is 25.8 Å². The molecular formula is C12H18N2O2. The highest BCUT2D eigenvalue weighted by atomic mass is 16.5. The molecule has 0 unspecified atom stereocenters. The van der Waals surface area contributed by atoms with Crippen LogP contribution in [0.4, 0.5) is 0 Å². The number of nitrogens with two attached hydrogens (primary N) is 1. The summed E-state index contributed by atoms with van der Waals surface area (Å²) in [7, 11) is 3.38. The standard InChI is InChI=1S/C12H18N2O2/c1-6-10(8-5-9(8)13)11(12(15)16-4)7(2)14(6)3/h8-9H,5,13H2,1-4H3/t8-,9-/m1/s1. The van der Waals surface area contributed by atoms with Gasteiger partial charge in [0.1, 0.15) is 0 Å². The molecule has 16 heavy (non-hydrogen) atoms. The average Bonchev–Trinajstić information content (AvgIpc) is 2.93. The molecule has 2 rings (SSSR count). The number of hydrogen-bond acceptors (Lipinski definition) is 3. The quantitative estimate of drug-likeness (QED) is 0.766. The molecule has 0 bridgehead atoms. The molecule has 0 radical (unpaired) electrons. The van der Waals surface area contributed by atoms with Crippen LogP contribution in [0.1, 0.15) is 39.6 Å². The number of aromatic nitrogens is 1. The maximum absolute atomic E-state index is 11.8. The first-order valence-corrected chi connectivity index (χ1v) is 5.48. The molecule has 0 aliphatic heterocycles. The van der Waals surface area contributed by atoms with Crippen LogP contribution in [0.2, 0.25) is 0 Å². The lowest BCUT2D eigenvalue weighted by Gasteiger charge is -2.03. The summed E-state index contributed by atoms with van der Waals surface area (Å²) in [4.78, 5) is 11.8. The minimum absolute atomic E-state index is 0.198. The molecule has 88 valence electrons. The molecule has 1 heterocycles. The Labute approximate surface area is 95.4 Å². The second-order valence-electron chi connectivity index (χ2n) is 4.52. The van der Waals surface area contributed by atoms with Gasteiger partial charge in [-0.3, -0.25) is 0 Å². The summed E-state index contributed by atoms with van der Waals surface area (Å²) in [5, 5.41) is 0. The van der Waals surface area contributed by atoms with Crippen LogP contribution >= 0.6 is 0 Å². The van der Waals surface area contributed by atoms with Crippen molar-refractivity contribution in [3.05, 3.63) is 22.5 Å². The maximum Gasteiger partial charge on any atom is 0.339 e. The van der Waals surface area contributed by atoms with Gasteiger partial charge in [-0.15, -0.1) is 0 Å². The number of nitrogens with zero attached hydrogens (tertiary/aromatic N) is 1. The van der Waals surface area contributed by atoms with E-state index < -0.39 is 0 Å². The molecule has 0 aromatic carbocycles. The fourth-order valence-corrected chi connectivity index (χ4v) is 2.34. The normalized spacial score (nSPS) is 23.3. The van der Waals surface area contributed by atoms with E-state index in [1.165, 1.54) is 7.11 Å². The number of carbonyl (C=O) groups excluding carboxylic acids is 1. The van der Waals surface area contributed by atoms with Gasteiger partial charge in [-0.1, -0.05) is 0 Å². The van der Waals surface area contributed by atoms with E-state index in [0.29, 0.717) is 11.5 Å². The van der Waals surface area contributed by atoms with Crippen molar-refractivity contribution in [2.24, 2.45) is 12.8 Å². The van der Waals surface area contributed by atoms with E-state index in [2.05, 4.69) is 0 Å². The number of carbonyl (C=O) groups is 1. The zero-order valence-corrected chi connectivity index (χ0v) is 10.2. The van der Waals surface area contributed by atoms with Crippen molar-refractivity contribution in [1.82, 2.24) is 4.57 Å². The van der Waals surface area contributed by atoms with E-state index in [0.717, 1.165) is 23.4 Å². The van der Waals surface area contributed by atoms with Crippen molar-refractivity contribution < 1.29 is 9.53 Å². The molecule has 0 saturated heterocycles. The molecule has 1 saturated carbocycles. The Balaban J connectivity index is 2.56. The molecule has 2 atom stereocenters. The van der Waals surface area contributed by atoms with Crippen LogP contribution < -0.4 is 5.73 Å². The second kappa shape index (κ2) is 3.63. The first-order valence-electron chi connectivity index (χ1n) is 5.48. The lowest BCUT2D eigenvalue weighted by atomic mass is 10.0. The monoisotopic (exact) mass is 222 g/mol. The van der Waals surface area contributed by atoms with Crippen LogP contribution in [0.5, 0.6) is 0 Å². The Morgan fingerprint density at radius 3 is 2.44 bits per heavy atom. The highest BCUT2D eigenvalue weighted by Crippen LogP contribution is 2.44. The third-order valence-corrected chi connectivity index (χ3v) is 3.63. The molecule has 4 nitrogen and oxygen atoms in total. The van der Waals surface area contributed by atoms with Gasteiger partial charge in [0.2, 0.25) is 0 Å².